The summed E-state index contributed by atoms with van der Waals surface area (Å²) in [6, 6.07) is 0. The predicted molar refractivity (Wildman–Crippen MR) is 66.2 cm³/mol. The molecule has 17 heavy (non-hydrogen) atoms. The number of hydrogen-bond acceptors (Lipinski definition) is 3. The summed E-state index contributed by atoms with van der Waals surface area (Å²) in [7, 11) is 0. The van der Waals surface area contributed by atoms with Crippen LogP contribution in [0.3, 0.4) is 0 Å². The molecule has 0 amide bonds. The van der Waals surface area contributed by atoms with Crippen LogP contribution in [0.5, 0.6) is 0 Å². The zero-order valence-corrected chi connectivity index (χ0v) is 11.0. The maximum atomic E-state index is 10.9. The second-order valence-electron chi connectivity index (χ2n) is 5.22. The maximum absolute atomic E-state index is 10.9. The van der Waals surface area contributed by atoms with Crippen molar-refractivity contribution >= 4 is 5.97 Å². The van der Waals surface area contributed by atoms with Crippen LogP contribution in [0.4, 0.5) is 0 Å². The first kappa shape index (κ1) is 14.1. The molecule has 1 saturated carbocycles. The standard InChI is InChI=1S/C14H22O3/c1-11(15)17-14(2,3)10-9-13(16)12-7-5-4-6-8-12/h12-13,16H,4-8H2,1-3H3. The lowest BCUT2D eigenvalue weighted by Gasteiger charge is -2.24. The summed E-state index contributed by atoms with van der Waals surface area (Å²) in [5.41, 5.74) is -0.818. The Morgan fingerprint density at radius 3 is 2.47 bits per heavy atom. The Morgan fingerprint density at radius 1 is 1.35 bits per heavy atom. The number of ether oxygens (including phenoxy) is 1. The number of aliphatic hydroxyl groups is 1. The number of hydrogen-bond donors (Lipinski definition) is 1. The molecule has 1 N–H and O–H groups in total. The van der Waals surface area contributed by atoms with Crippen molar-refractivity contribution < 1.29 is 14.6 Å². The normalized spacial score (nSPS) is 19.1. The molecule has 0 saturated heterocycles. The van der Waals surface area contributed by atoms with Gasteiger partial charge in [0.25, 0.3) is 0 Å². The van der Waals surface area contributed by atoms with Crippen molar-refractivity contribution in [1.82, 2.24) is 0 Å². The van der Waals surface area contributed by atoms with E-state index in [-0.39, 0.29) is 11.9 Å². The largest absolute Gasteiger partial charge is 0.447 e. The first-order chi connectivity index (χ1) is 7.91. The average Bonchev–Trinajstić information content (AvgIpc) is 2.25. The Kier molecular flexibility index (Phi) is 5.02. The molecule has 3 nitrogen and oxygen atoms in total. The van der Waals surface area contributed by atoms with Gasteiger partial charge in [-0.3, -0.25) is 4.79 Å². The van der Waals surface area contributed by atoms with Gasteiger partial charge in [0.1, 0.15) is 6.10 Å². The number of carbonyl (C=O) groups is 1. The molecule has 0 bridgehead atoms. The Bertz CT molecular complexity index is 316. The summed E-state index contributed by atoms with van der Waals surface area (Å²) in [6.07, 6.45) is 5.11. The van der Waals surface area contributed by atoms with Crippen LogP contribution in [-0.4, -0.2) is 22.8 Å². The van der Waals surface area contributed by atoms with Crippen molar-refractivity contribution in [2.45, 2.75) is 64.6 Å². The number of carbonyl (C=O) groups excluding carboxylic acids is 1. The van der Waals surface area contributed by atoms with Crippen molar-refractivity contribution in [2.75, 3.05) is 0 Å². The van der Waals surface area contributed by atoms with Crippen LogP contribution in [0.25, 0.3) is 0 Å². The molecular weight excluding hydrogens is 216 g/mol. The van der Waals surface area contributed by atoms with E-state index in [1.807, 2.05) is 0 Å². The van der Waals surface area contributed by atoms with E-state index in [0.717, 1.165) is 12.8 Å². The monoisotopic (exact) mass is 238 g/mol. The van der Waals surface area contributed by atoms with Crippen molar-refractivity contribution in [2.24, 2.45) is 5.92 Å². The molecule has 0 spiro atoms. The highest BCUT2D eigenvalue weighted by molar-refractivity contribution is 5.67. The van der Waals surface area contributed by atoms with Crippen molar-refractivity contribution in [3.05, 3.63) is 0 Å². The molecule has 1 aliphatic rings. The summed E-state index contributed by atoms with van der Waals surface area (Å²) < 4.78 is 5.05. The molecule has 0 radical (unpaired) electrons. The summed E-state index contributed by atoms with van der Waals surface area (Å²) >= 11 is 0. The Balaban J connectivity index is 2.54. The highest BCUT2D eigenvalue weighted by atomic mass is 16.6. The predicted octanol–water partition coefficient (Wildman–Crippen LogP) is 2.27. The van der Waals surface area contributed by atoms with Gasteiger partial charge in [-0.25, -0.2) is 0 Å². The third-order valence-corrected chi connectivity index (χ3v) is 3.02. The van der Waals surface area contributed by atoms with Crippen LogP contribution in [0.1, 0.15) is 52.9 Å². The fourth-order valence-corrected chi connectivity index (χ4v) is 2.20. The van der Waals surface area contributed by atoms with E-state index in [4.69, 9.17) is 4.74 Å². The second-order valence-corrected chi connectivity index (χ2v) is 5.22. The molecule has 0 aliphatic heterocycles. The Hall–Kier alpha value is -1.01. The molecule has 96 valence electrons. The van der Waals surface area contributed by atoms with Crippen LogP contribution >= 0.6 is 0 Å². The average molecular weight is 238 g/mol. The zero-order valence-electron chi connectivity index (χ0n) is 11.0. The van der Waals surface area contributed by atoms with E-state index in [9.17, 15) is 9.90 Å². The minimum absolute atomic E-state index is 0.282. The molecule has 1 atom stereocenters. The van der Waals surface area contributed by atoms with Gasteiger partial charge in [-0.05, 0) is 32.6 Å². The van der Waals surface area contributed by atoms with Gasteiger partial charge in [0.2, 0.25) is 0 Å². The lowest BCUT2D eigenvalue weighted by atomic mass is 9.85. The molecule has 1 rings (SSSR count). The van der Waals surface area contributed by atoms with Gasteiger partial charge < -0.3 is 9.84 Å². The zero-order chi connectivity index (χ0) is 12.9. The molecule has 0 aromatic rings. The van der Waals surface area contributed by atoms with E-state index in [2.05, 4.69) is 11.8 Å². The highest BCUT2D eigenvalue weighted by Gasteiger charge is 2.22. The van der Waals surface area contributed by atoms with Gasteiger partial charge in [-0.15, -0.1) is 0 Å². The first-order valence-electron chi connectivity index (χ1n) is 6.31. The third kappa shape index (κ3) is 5.23. The van der Waals surface area contributed by atoms with Gasteiger partial charge in [0.15, 0.2) is 5.60 Å². The van der Waals surface area contributed by atoms with Crippen molar-refractivity contribution in [3.8, 4) is 11.8 Å². The van der Waals surface area contributed by atoms with Crippen LogP contribution < -0.4 is 0 Å². The molecule has 3 heteroatoms. The smallest absolute Gasteiger partial charge is 0.304 e. The van der Waals surface area contributed by atoms with E-state index < -0.39 is 11.7 Å². The molecule has 0 aromatic heterocycles. The number of esters is 1. The second kappa shape index (κ2) is 6.07. The van der Waals surface area contributed by atoms with E-state index in [0.29, 0.717) is 0 Å². The Labute approximate surface area is 104 Å². The van der Waals surface area contributed by atoms with Gasteiger partial charge in [0.05, 0.1) is 0 Å². The maximum Gasteiger partial charge on any atom is 0.304 e. The summed E-state index contributed by atoms with van der Waals surface area (Å²) in [5.74, 6) is 5.60. The minimum Gasteiger partial charge on any atom is -0.447 e. The van der Waals surface area contributed by atoms with E-state index in [1.54, 1.807) is 13.8 Å². The highest BCUT2D eigenvalue weighted by Crippen LogP contribution is 2.26. The molecule has 0 aromatic carbocycles. The topological polar surface area (TPSA) is 46.5 Å². The van der Waals surface area contributed by atoms with E-state index in [1.165, 1.54) is 26.2 Å². The summed E-state index contributed by atoms with van der Waals surface area (Å²) in [5, 5.41) is 9.96. The summed E-state index contributed by atoms with van der Waals surface area (Å²) in [6.45, 7) is 4.82. The molecule has 0 heterocycles. The lowest BCUT2D eigenvalue weighted by molar-refractivity contribution is -0.148. The SMILES string of the molecule is CC(=O)OC(C)(C)C#CC(O)C1CCCCC1. The van der Waals surface area contributed by atoms with Gasteiger partial charge in [0, 0.05) is 6.92 Å². The Morgan fingerprint density at radius 2 is 1.94 bits per heavy atom. The van der Waals surface area contributed by atoms with Crippen molar-refractivity contribution in [1.29, 1.82) is 0 Å². The van der Waals surface area contributed by atoms with Crippen LogP contribution in [0.15, 0.2) is 0 Å². The van der Waals surface area contributed by atoms with Crippen LogP contribution in [0.2, 0.25) is 0 Å². The van der Waals surface area contributed by atoms with Gasteiger partial charge in [-0.2, -0.15) is 0 Å². The minimum atomic E-state index is -0.818. The van der Waals surface area contributed by atoms with Crippen LogP contribution in [0, 0.1) is 17.8 Å². The number of rotatable bonds is 2. The third-order valence-electron chi connectivity index (χ3n) is 3.02. The van der Waals surface area contributed by atoms with Crippen molar-refractivity contribution in [3.63, 3.8) is 0 Å². The van der Waals surface area contributed by atoms with Gasteiger partial charge in [-0.1, -0.05) is 31.1 Å². The number of aliphatic hydroxyl groups excluding tert-OH is 1. The molecular formula is C14H22O3. The lowest BCUT2D eigenvalue weighted by Crippen LogP contribution is -2.26. The quantitative estimate of drug-likeness (QED) is 0.593. The van der Waals surface area contributed by atoms with Crippen LogP contribution in [-0.2, 0) is 9.53 Å². The first-order valence-corrected chi connectivity index (χ1v) is 6.31. The fraction of sp³-hybridized carbons (Fsp3) is 0.786. The fourth-order valence-electron chi connectivity index (χ4n) is 2.20. The molecule has 1 aliphatic carbocycles. The van der Waals surface area contributed by atoms with E-state index >= 15 is 0 Å². The molecule has 1 unspecified atom stereocenters. The summed E-state index contributed by atoms with van der Waals surface area (Å²) in [4.78, 5) is 10.9. The van der Waals surface area contributed by atoms with Gasteiger partial charge >= 0.3 is 5.97 Å². The molecule has 1 fully saturated rings.